The molecule has 0 saturated carbocycles. The number of hydrogen-bond donors (Lipinski definition) is 2. The van der Waals surface area contributed by atoms with Crippen molar-refractivity contribution in [1.29, 1.82) is 0 Å². The van der Waals surface area contributed by atoms with Crippen molar-refractivity contribution in [3.05, 3.63) is 48.0 Å². The average molecular weight is 407 g/mol. The summed E-state index contributed by atoms with van der Waals surface area (Å²) in [4.78, 5) is 31.3. The van der Waals surface area contributed by atoms with E-state index >= 15 is 0 Å². The van der Waals surface area contributed by atoms with Crippen molar-refractivity contribution in [2.75, 3.05) is 18.2 Å². The Morgan fingerprint density at radius 2 is 1.97 bits per heavy atom. The minimum Gasteiger partial charge on any atom is -0.454 e. The van der Waals surface area contributed by atoms with Crippen LogP contribution in [0.1, 0.15) is 12.5 Å². The summed E-state index contributed by atoms with van der Waals surface area (Å²) in [6.45, 7) is 3.39. The highest BCUT2D eigenvalue weighted by molar-refractivity contribution is 5.96. The number of hydrogen-bond acceptors (Lipinski definition) is 5. The van der Waals surface area contributed by atoms with Crippen molar-refractivity contribution in [3.8, 4) is 11.5 Å². The van der Waals surface area contributed by atoms with Gasteiger partial charge in [0.2, 0.25) is 18.6 Å². The van der Waals surface area contributed by atoms with E-state index < -0.39 is 6.04 Å². The van der Waals surface area contributed by atoms with Gasteiger partial charge in [-0.3, -0.25) is 9.69 Å². The fourth-order valence-corrected chi connectivity index (χ4v) is 3.70. The molecule has 2 aromatic carbocycles. The van der Waals surface area contributed by atoms with E-state index in [1.54, 1.807) is 11.8 Å². The molecule has 0 fully saturated rings. The number of carbonyl (C=O) groups is 2. The van der Waals surface area contributed by atoms with E-state index in [4.69, 9.17) is 9.47 Å². The van der Waals surface area contributed by atoms with Gasteiger partial charge in [0.05, 0.1) is 11.0 Å². The monoisotopic (exact) mass is 407 g/mol. The number of nitrogens with one attached hydrogen (secondary N) is 2. The third kappa shape index (κ3) is 3.18. The van der Waals surface area contributed by atoms with Crippen LogP contribution in [0.5, 0.6) is 11.5 Å². The normalized spacial score (nSPS) is 15.2. The molecule has 3 aromatic rings. The van der Waals surface area contributed by atoms with Gasteiger partial charge in [0.15, 0.2) is 11.5 Å². The van der Waals surface area contributed by atoms with Gasteiger partial charge >= 0.3 is 6.03 Å². The average Bonchev–Trinajstić information content (AvgIpc) is 3.46. The van der Waals surface area contributed by atoms with Crippen LogP contribution in [0.25, 0.3) is 11.0 Å². The molecular weight excluding hydrogens is 386 g/mol. The first-order valence-electron chi connectivity index (χ1n) is 9.80. The second-order valence-corrected chi connectivity index (χ2v) is 7.28. The maximum atomic E-state index is 12.8. The summed E-state index contributed by atoms with van der Waals surface area (Å²) >= 11 is 0. The van der Waals surface area contributed by atoms with Crippen LogP contribution in [-0.2, 0) is 17.9 Å². The van der Waals surface area contributed by atoms with E-state index in [1.165, 1.54) is 0 Å². The molecule has 0 radical (unpaired) electrons. The smallest absolute Gasteiger partial charge is 0.324 e. The maximum absolute atomic E-state index is 12.8. The number of aromatic nitrogens is 2. The Bertz CT molecular complexity index is 1140. The zero-order valence-electron chi connectivity index (χ0n) is 16.4. The molecule has 2 aliphatic rings. The molecule has 2 aliphatic heterocycles. The van der Waals surface area contributed by atoms with Crippen molar-refractivity contribution in [2.24, 2.45) is 0 Å². The van der Waals surface area contributed by atoms with Gasteiger partial charge in [-0.15, -0.1) is 0 Å². The molecule has 3 heterocycles. The highest BCUT2D eigenvalue weighted by atomic mass is 16.7. The quantitative estimate of drug-likeness (QED) is 0.689. The van der Waals surface area contributed by atoms with Gasteiger partial charge in [-0.1, -0.05) is 18.2 Å². The summed E-state index contributed by atoms with van der Waals surface area (Å²) in [6, 6.07) is 12.3. The van der Waals surface area contributed by atoms with Gasteiger partial charge in [0.1, 0.15) is 6.04 Å². The van der Waals surface area contributed by atoms with E-state index in [-0.39, 0.29) is 18.7 Å². The Balaban J connectivity index is 1.20. The van der Waals surface area contributed by atoms with Crippen molar-refractivity contribution in [2.45, 2.75) is 26.1 Å². The number of carbonyl (C=O) groups excluding carboxylic acids is 2. The van der Waals surface area contributed by atoms with Crippen LogP contribution in [-0.4, -0.2) is 40.9 Å². The van der Waals surface area contributed by atoms with Crippen LogP contribution in [0, 0.1) is 0 Å². The molecular formula is C21H21N5O4. The molecule has 1 atom stereocenters. The summed E-state index contributed by atoms with van der Waals surface area (Å²) in [6.07, 6.45) is 0. The van der Waals surface area contributed by atoms with Crippen LogP contribution in [0.2, 0.25) is 0 Å². The Morgan fingerprint density at radius 1 is 1.13 bits per heavy atom. The standard InChI is InChI=1S/C21H21N5O4/c1-13(19(27)22-11-14-6-7-17-18(10-14)30-12-29-17)23-21(28)26-9-8-25-16-5-3-2-4-15(16)24-20(25)26/h2-7,10,13H,8-9,11-12H2,1H3,(H,22,27)(H,23,28)/t13-/m0/s1. The molecule has 154 valence electrons. The van der Waals surface area contributed by atoms with Crippen LogP contribution in [0.4, 0.5) is 10.7 Å². The first-order chi connectivity index (χ1) is 14.6. The zero-order chi connectivity index (χ0) is 20.7. The van der Waals surface area contributed by atoms with Crippen molar-refractivity contribution >= 4 is 28.9 Å². The van der Waals surface area contributed by atoms with Crippen LogP contribution in [0.3, 0.4) is 0 Å². The zero-order valence-corrected chi connectivity index (χ0v) is 16.4. The van der Waals surface area contributed by atoms with Crippen molar-refractivity contribution in [3.63, 3.8) is 0 Å². The van der Waals surface area contributed by atoms with E-state index in [9.17, 15) is 9.59 Å². The van der Waals surface area contributed by atoms with E-state index in [2.05, 4.69) is 15.6 Å². The van der Waals surface area contributed by atoms with Crippen LogP contribution in [0.15, 0.2) is 42.5 Å². The molecule has 2 N–H and O–H groups in total. The second kappa shape index (κ2) is 7.25. The number of imidazole rings is 1. The number of anilines is 1. The van der Waals surface area contributed by atoms with Crippen molar-refractivity contribution in [1.82, 2.24) is 20.2 Å². The fraction of sp³-hybridized carbons (Fsp3) is 0.286. The Hall–Kier alpha value is -3.75. The maximum Gasteiger partial charge on any atom is 0.324 e. The summed E-state index contributed by atoms with van der Waals surface area (Å²) in [5.41, 5.74) is 2.73. The molecule has 0 bridgehead atoms. The highest BCUT2D eigenvalue weighted by Crippen LogP contribution is 2.32. The van der Waals surface area contributed by atoms with Crippen molar-refractivity contribution < 1.29 is 19.1 Å². The first kappa shape index (κ1) is 18.3. The van der Waals surface area contributed by atoms with E-state index in [0.29, 0.717) is 37.1 Å². The van der Waals surface area contributed by atoms with Crippen LogP contribution < -0.4 is 25.0 Å². The molecule has 0 spiro atoms. The largest absolute Gasteiger partial charge is 0.454 e. The molecule has 9 nitrogen and oxygen atoms in total. The van der Waals surface area contributed by atoms with Gasteiger partial charge in [0, 0.05) is 19.6 Å². The molecule has 0 aliphatic carbocycles. The third-order valence-electron chi connectivity index (χ3n) is 5.31. The molecule has 0 unspecified atom stereocenters. The van der Waals surface area contributed by atoms with Crippen LogP contribution >= 0.6 is 0 Å². The minimum absolute atomic E-state index is 0.207. The number of ether oxygens (including phenoxy) is 2. The van der Waals surface area contributed by atoms with Gasteiger partial charge in [-0.25, -0.2) is 9.78 Å². The molecule has 1 aromatic heterocycles. The van der Waals surface area contributed by atoms with E-state index in [1.807, 2.05) is 47.0 Å². The first-order valence-corrected chi connectivity index (χ1v) is 9.80. The lowest BCUT2D eigenvalue weighted by atomic mass is 10.2. The number of urea groups is 1. The topological polar surface area (TPSA) is 97.7 Å². The summed E-state index contributed by atoms with van der Waals surface area (Å²) in [5.74, 6) is 1.69. The third-order valence-corrected chi connectivity index (χ3v) is 5.31. The number of fused-ring (bicyclic) bond motifs is 4. The summed E-state index contributed by atoms with van der Waals surface area (Å²) in [7, 11) is 0. The molecule has 3 amide bonds. The lowest BCUT2D eigenvalue weighted by Crippen LogP contribution is -2.49. The number of nitrogens with zero attached hydrogens (tertiary/aromatic N) is 3. The Kier molecular flexibility index (Phi) is 4.42. The Morgan fingerprint density at radius 3 is 2.87 bits per heavy atom. The minimum atomic E-state index is -0.690. The summed E-state index contributed by atoms with van der Waals surface area (Å²) < 4.78 is 12.6. The Labute approximate surface area is 172 Å². The molecule has 0 saturated heterocycles. The lowest BCUT2D eigenvalue weighted by molar-refractivity contribution is -0.122. The number of benzene rings is 2. The SMILES string of the molecule is C[C@H](NC(=O)N1CCn2c1nc1ccccc12)C(=O)NCc1ccc2c(c1)OCO2. The van der Waals surface area contributed by atoms with Gasteiger partial charge in [-0.2, -0.15) is 0 Å². The molecule has 5 rings (SSSR count). The second-order valence-electron chi connectivity index (χ2n) is 7.28. The molecule has 30 heavy (non-hydrogen) atoms. The van der Waals surface area contributed by atoms with Gasteiger partial charge in [0.25, 0.3) is 0 Å². The number of amides is 3. The predicted molar refractivity (Wildman–Crippen MR) is 109 cm³/mol. The lowest BCUT2D eigenvalue weighted by Gasteiger charge is -2.19. The summed E-state index contributed by atoms with van der Waals surface area (Å²) in [5, 5.41) is 5.60. The van der Waals surface area contributed by atoms with E-state index in [0.717, 1.165) is 16.6 Å². The number of rotatable bonds is 4. The van der Waals surface area contributed by atoms with Gasteiger partial charge < -0.3 is 24.7 Å². The fourth-order valence-electron chi connectivity index (χ4n) is 3.70. The highest BCUT2D eigenvalue weighted by Gasteiger charge is 2.30. The predicted octanol–water partition coefficient (Wildman–Crippen LogP) is 2.00. The van der Waals surface area contributed by atoms with Gasteiger partial charge in [-0.05, 0) is 36.8 Å². The molecule has 9 heteroatoms. The number of para-hydroxylation sites is 2.